The molecular weight excluding hydrogens is 480 g/mol. The fraction of sp³-hybridized carbons (Fsp3) is 0.357. The van der Waals surface area contributed by atoms with Crippen molar-refractivity contribution in [2.24, 2.45) is 0 Å². The van der Waals surface area contributed by atoms with Crippen LogP contribution in [0.15, 0.2) is 60.0 Å². The largest absolute Gasteiger partial charge is 0.384 e. The molecule has 10 nitrogen and oxygen atoms in total. The van der Waals surface area contributed by atoms with Gasteiger partial charge in [0.25, 0.3) is 5.56 Å². The molecule has 0 spiro atoms. The van der Waals surface area contributed by atoms with Gasteiger partial charge in [0, 0.05) is 42.7 Å². The molecule has 2 saturated heterocycles. The average molecular weight is 511 g/mol. The van der Waals surface area contributed by atoms with Crippen LogP contribution in [0.2, 0.25) is 0 Å². The van der Waals surface area contributed by atoms with E-state index in [2.05, 4.69) is 39.2 Å². The van der Waals surface area contributed by atoms with Crippen molar-refractivity contribution >= 4 is 28.4 Å². The van der Waals surface area contributed by atoms with E-state index in [1.165, 1.54) is 12.1 Å². The highest BCUT2D eigenvalue weighted by Crippen LogP contribution is 2.36. The van der Waals surface area contributed by atoms with Gasteiger partial charge in [-0.25, -0.2) is 19.3 Å². The lowest BCUT2D eigenvalue weighted by atomic mass is 10.0. The summed E-state index contributed by atoms with van der Waals surface area (Å²) >= 11 is 0. The number of aryl methyl sites for hydroxylation is 1. The number of anilines is 3. The zero-order valence-electron chi connectivity index (χ0n) is 21.3. The summed E-state index contributed by atoms with van der Waals surface area (Å²) in [4.78, 5) is 29.7. The van der Waals surface area contributed by atoms with E-state index in [9.17, 15) is 9.90 Å². The molecule has 3 N–H and O–H groups in total. The van der Waals surface area contributed by atoms with Crippen molar-refractivity contribution in [1.82, 2.24) is 29.6 Å². The Morgan fingerprint density at radius 1 is 1.24 bits per heavy atom. The molecule has 3 atom stereocenters. The van der Waals surface area contributed by atoms with Crippen LogP contribution in [0.4, 0.5) is 17.3 Å². The minimum Gasteiger partial charge on any atom is -0.384 e. The van der Waals surface area contributed by atoms with Gasteiger partial charge in [0.2, 0.25) is 5.95 Å². The molecule has 2 aliphatic heterocycles. The second-order valence-electron chi connectivity index (χ2n) is 10.7. The Morgan fingerprint density at radius 2 is 2.08 bits per heavy atom. The number of aromatic nitrogens is 5. The fourth-order valence-electron chi connectivity index (χ4n) is 6.11. The maximum absolute atomic E-state index is 13.3. The maximum atomic E-state index is 13.3. The van der Waals surface area contributed by atoms with Crippen molar-refractivity contribution in [3.05, 3.63) is 76.9 Å². The number of hydrogen-bond donors (Lipinski definition) is 3. The van der Waals surface area contributed by atoms with Crippen LogP contribution >= 0.6 is 0 Å². The van der Waals surface area contributed by atoms with Gasteiger partial charge >= 0.3 is 0 Å². The highest BCUT2D eigenvalue weighted by atomic mass is 16.3. The first kappa shape index (κ1) is 23.1. The number of pyridine rings is 1. The van der Waals surface area contributed by atoms with Crippen LogP contribution in [0, 0.1) is 0 Å². The molecule has 3 aromatic heterocycles. The maximum Gasteiger partial charge on any atom is 0.278 e. The first-order valence-corrected chi connectivity index (χ1v) is 13.1. The molecule has 7 rings (SSSR count). The second kappa shape index (κ2) is 8.50. The molecule has 1 aliphatic carbocycles. The van der Waals surface area contributed by atoms with Crippen molar-refractivity contribution in [1.29, 1.82) is 0 Å². The van der Waals surface area contributed by atoms with Gasteiger partial charge in [0.05, 0.1) is 12.2 Å². The van der Waals surface area contributed by atoms with E-state index in [1.54, 1.807) is 28.6 Å². The van der Waals surface area contributed by atoms with Gasteiger partial charge in [-0.1, -0.05) is 12.1 Å². The molecule has 3 unspecified atom stereocenters. The number of piperazine rings is 1. The van der Waals surface area contributed by atoms with Crippen molar-refractivity contribution in [2.75, 3.05) is 23.3 Å². The molecule has 0 amide bonds. The number of nitrogens with zero attached hydrogens (tertiary/aromatic N) is 6. The van der Waals surface area contributed by atoms with Crippen LogP contribution in [-0.2, 0) is 18.6 Å². The van der Waals surface area contributed by atoms with Crippen molar-refractivity contribution in [3.8, 4) is 5.82 Å². The standard InChI is InChI=1S/C28H30N8O2/c1-3-12-35-26(37)22-15-30-27(31-18-5-7-20(8-6-18)34-16-19-13-21(34)14-29-19)33-25(22)36(35)23-9-4-17-10-11-28(2,38)24(17)32-23/h3-9,15,19,21,29,38H,1,10-14,16H2,2H3,(H,30,31,33). The third kappa shape index (κ3) is 3.63. The highest BCUT2D eigenvalue weighted by Gasteiger charge is 2.37. The van der Waals surface area contributed by atoms with Gasteiger partial charge in [-0.15, -0.1) is 6.58 Å². The Bertz CT molecular complexity index is 1620. The zero-order valence-corrected chi connectivity index (χ0v) is 21.3. The number of fused-ring (bicyclic) bond motifs is 4. The number of allylic oxidation sites excluding steroid dienone is 1. The van der Waals surface area contributed by atoms with Gasteiger partial charge in [-0.05, 0) is 62.1 Å². The lowest BCUT2D eigenvalue weighted by molar-refractivity contribution is 0.0553. The normalized spacial score (nSPS) is 23.8. The summed E-state index contributed by atoms with van der Waals surface area (Å²) in [5.74, 6) is 0.899. The van der Waals surface area contributed by atoms with Crippen LogP contribution in [0.3, 0.4) is 0 Å². The minimum atomic E-state index is -1.00. The van der Waals surface area contributed by atoms with E-state index >= 15 is 0 Å². The van der Waals surface area contributed by atoms with Crippen molar-refractivity contribution in [2.45, 2.75) is 50.4 Å². The van der Waals surface area contributed by atoms with Gasteiger partial charge in [0.1, 0.15) is 11.0 Å². The van der Waals surface area contributed by atoms with E-state index in [-0.39, 0.29) is 12.1 Å². The van der Waals surface area contributed by atoms with E-state index in [1.807, 2.05) is 24.3 Å². The Labute approximate surface area is 219 Å². The van der Waals surface area contributed by atoms with E-state index < -0.39 is 5.60 Å². The Morgan fingerprint density at radius 3 is 2.82 bits per heavy atom. The lowest BCUT2D eigenvalue weighted by Gasteiger charge is -2.29. The summed E-state index contributed by atoms with van der Waals surface area (Å²) in [5, 5.41) is 18.1. The Kier molecular flexibility index (Phi) is 5.17. The monoisotopic (exact) mass is 510 g/mol. The third-order valence-electron chi connectivity index (χ3n) is 8.06. The zero-order chi connectivity index (χ0) is 26.0. The number of rotatable bonds is 6. The average Bonchev–Trinajstić information content (AvgIpc) is 3.68. The molecule has 2 fully saturated rings. The topological polar surface area (TPSA) is 113 Å². The van der Waals surface area contributed by atoms with E-state index in [4.69, 9.17) is 9.97 Å². The van der Waals surface area contributed by atoms with Gasteiger partial charge in [-0.3, -0.25) is 4.79 Å². The molecule has 0 saturated carbocycles. The summed E-state index contributed by atoms with van der Waals surface area (Å²) in [6.07, 6.45) is 5.81. The molecule has 4 aromatic rings. The van der Waals surface area contributed by atoms with Crippen LogP contribution in [-0.4, -0.2) is 54.6 Å². The summed E-state index contributed by atoms with van der Waals surface area (Å²) < 4.78 is 3.24. The summed E-state index contributed by atoms with van der Waals surface area (Å²) in [5.41, 5.74) is 2.96. The predicted octanol–water partition coefficient (Wildman–Crippen LogP) is 2.61. The van der Waals surface area contributed by atoms with Crippen molar-refractivity contribution in [3.63, 3.8) is 0 Å². The number of benzene rings is 1. The molecule has 0 radical (unpaired) electrons. The summed E-state index contributed by atoms with van der Waals surface area (Å²) in [7, 11) is 0. The molecule has 38 heavy (non-hydrogen) atoms. The van der Waals surface area contributed by atoms with Gasteiger partial charge in [0.15, 0.2) is 11.5 Å². The quantitative estimate of drug-likeness (QED) is 0.340. The van der Waals surface area contributed by atoms with E-state index in [0.29, 0.717) is 47.0 Å². The molecule has 10 heteroatoms. The van der Waals surface area contributed by atoms with Crippen LogP contribution in [0.25, 0.3) is 16.9 Å². The molecule has 3 aliphatic rings. The summed E-state index contributed by atoms with van der Waals surface area (Å²) in [6, 6.07) is 13.3. The summed E-state index contributed by atoms with van der Waals surface area (Å²) in [6.45, 7) is 7.96. The van der Waals surface area contributed by atoms with Crippen LogP contribution in [0.1, 0.15) is 31.0 Å². The SMILES string of the molecule is C=CCn1c(=O)c2cnc(Nc3ccc(N4CC5CC4CN5)cc3)nc2n1-c1ccc2c(n1)C(C)(O)CC2. The van der Waals surface area contributed by atoms with Crippen molar-refractivity contribution < 1.29 is 5.11 Å². The van der Waals surface area contributed by atoms with E-state index in [0.717, 1.165) is 30.8 Å². The Balaban J connectivity index is 1.25. The van der Waals surface area contributed by atoms with Gasteiger partial charge < -0.3 is 20.6 Å². The number of hydrogen-bond acceptors (Lipinski definition) is 8. The fourth-order valence-corrected chi connectivity index (χ4v) is 6.11. The lowest BCUT2D eigenvalue weighted by Crippen LogP contribution is -2.43. The number of aliphatic hydroxyl groups is 1. The smallest absolute Gasteiger partial charge is 0.278 e. The highest BCUT2D eigenvalue weighted by molar-refractivity contribution is 5.77. The second-order valence-corrected chi connectivity index (χ2v) is 10.7. The van der Waals surface area contributed by atoms with Crippen LogP contribution in [0.5, 0.6) is 0 Å². The van der Waals surface area contributed by atoms with Gasteiger partial charge in [-0.2, -0.15) is 4.98 Å². The first-order valence-electron chi connectivity index (χ1n) is 13.1. The molecular formula is C28H30N8O2. The third-order valence-corrected chi connectivity index (χ3v) is 8.06. The first-order chi connectivity index (χ1) is 18.4. The van der Waals surface area contributed by atoms with Crippen LogP contribution < -0.4 is 21.1 Å². The molecule has 2 bridgehead atoms. The molecule has 5 heterocycles. The Hall–Kier alpha value is -4.02. The molecule has 194 valence electrons. The molecule has 1 aromatic carbocycles. The number of nitrogens with one attached hydrogen (secondary N) is 2. The predicted molar refractivity (Wildman–Crippen MR) is 146 cm³/mol. The minimum absolute atomic E-state index is 0.223.